The summed E-state index contributed by atoms with van der Waals surface area (Å²) in [6, 6.07) is 15.6. The van der Waals surface area contributed by atoms with E-state index in [1.54, 1.807) is 19.4 Å². The first-order chi connectivity index (χ1) is 14.7. The van der Waals surface area contributed by atoms with Crippen LogP contribution in [0.3, 0.4) is 0 Å². The Morgan fingerprint density at radius 1 is 1.10 bits per heavy atom. The fourth-order valence-corrected chi connectivity index (χ4v) is 3.51. The molecule has 0 aromatic heterocycles. The average molecular weight is 427 g/mol. The number of amides is 1. The van der Waals surface area contributed by atoms with Gasteiger partial charge in [-0.3, -0.25) is 14.6 Å². The monoisotopic (exact) mass is 426 g/mol. The highest BCUT2D eigenvalue weighted by Gasteiger charge is 2.19. The fraction of sp³-hybridized carbons (Fsp3) is 0.304. The van der Waals surface area contributed by atoms with Crippen LogP contribution >= 0.6 is 11.6 Å². The van der Waals surface area contributed by atoms with Gasteiger partial charge in [0.25, 0.3) is 5.91 Å². The van der Waals surface area contributed by atoms with E-state index in [1.165, 1.54) is 0 Å². The Balaban J connectivity index is 1.37. The van der Waals surface area contributed by atoms with Crippen molar-refractivity contribution in [2.24, 2.45) is 5.10 Å². The van der Waals surface area contributed by atoms with Gasteiger partial charge in [0.15, 0.2) is 0 Å². The van der Waals surface area contributed by atoms with Gasteiger partial charge < -0.3 is 4.74 Å². The number of nitrogens with one attached hydrogen (secondary N) is 1. The largest absolute Gasteiger partial charge is 0.496 e. The van der Waals surface area contributed by atoms with Crippen LogP contribution in [-0.2, 0) is 11.3 Å². The number of methoxy groups -OCH3 is 1. The Bertz CT molecular complexity index is 892. The van der Waals surface area contributed by atoms with Crippen molar-refractivity contribution in [2.75, 3.05) is 39.8 Å². The van der Waals surface area contributed by atoms with Gasteiger partial charge in [0.2, 0.25) is 0 Å². The lowest BCUT2D eigenvalue weighted by Crippen LogP contribution is -2.48. The van der Waals surface area contributed by atoms with Crippen LogP contribution in [0.15, 0.2) is 59.7 Å². The SMILES string of the molecule is COc1ccccc1/C=C/C=N\NC(=O)CN1CCN(Cc2ccccc2Cl)CC1. The molecule has 2 aromatic rings. The predicted molar refractivity (Wildman–Crippen MR) is 122 cm³/mol. The molecule has 3 rings (SSSR count). The van der Waals surface area contributed by atoms with Crippen molar-refractivity contribution in [3.05, 3.63) is 70.8 Å². The van der Waals surface area contributed by atoms with Crippen molar-refractivity contribution in [2.45, 2.75) is 6.54 Å². The van der Waals surface area contributed by atoms with Crippen LogP contribution in [0.2, 0.25) is 5.02 Å². The van der Waals surface area contributed by atoms with Crippen molar-refractivity contribution in [1.29, 1.82) is 0 Å². The van der Waals surface area contributed by atoms with Gasteiger partial charge in [0, 0.05) is 49.5 Å². The van der Waals surface area contributed by atoms with Gasteiger partial charge in [0.05, 0.1) is 13.7 Å². The summed E-state index contributed by atoms with van der Waals surface area (Å²) in [5.41, 5.74) is 4.67. The second-order valence-corrected chi connectivity index (χ2v) is 7.47. The van der Waals surface area contributed by atoms with Gasteiger partial charge in [-0.2, -0.15) is 5.10 Å². The number of allylic oxidation sites excluding steroid dienone is 1. The number of rotatable bonds is 8. The molecule has 7 heteroatoms. The third-order valence-electron chi connectivity index (χ3n) is 4.95. The molecular weight excluding hydrogens is 400 g/mol. The number of carbonyl (C=O) groups excluding carboxylic acids is 1. The van der Waals surface area contributed by atoms with Gasteiger partial charge in [0.1, 0.15) is 5.75 Å². The van der Waals surface area contributed by atoms with E-state index < -0.39 is 0 Å². The van der Waals surface area contributed by atoms with Crippen molar-refractivity contribution in [3.8, 4) is 5.75 Å². The molecule has 1 heterocycles. The third-order valence-corrected chi connectivity index (χ3v) is 5.32. The molecule has 2 aromatic carbocycles. The van der Waals surface area contributed by atoms with Gasteiger partial charge >= 0.3 is 0 Å². The molecule has 0 spiro atoms. The zero-order valence-electron chi connectivity index (χ0n) is 17.1. The first-order valence-corrected chi connectivity index (χ1v) is 10.3. The number of hydrogen-bond donors (Lipinski definition) is 1. The summed E-state index contributed by atoms with van der Waals surface area (Å²) in [5.74, 6) is 0.677. The molecule has 0 atom stereocenters. The Morgan fingerprint density at radius 2 is 1.80 bits per heavy atom. The van der Waals surface area contributed by atoms with E-state index in [4.69, 9.17) is 16.3 Å². The molecule has 30 heavy (non-hydrogen) atoms. The summed E-state index contributed by atoms with van der Waals surface area (Å²) in [5, 5.41) is 4.79. The predicted octanol–water partition coefficient (Wildman–Crippen LogP) is 3.28. The average Bonchev–Trinajstić information content (AvgIpc) is 2.76. The van der Waals surface area contributed by atoms with E-state index in [1.807, 2.05) is 48.5 Å². The highest BCUT2D eigenvalue weighted by atomic mass is 35.5. The second kappa shape index (κ2) is 11.5. The standard InChI is InChI=1S/C23H27ClN4O2/c1-30-22-11-5-3-7-19(22)9-6-12-25-26-23(29)18-28-15-13-27(14-16-28)17-20-8-2-4-10-21(20)24/h2-12H,13-18H2,1H3,(H,26,29)/b9-6+,25-12-. The Morgan fingerprint density at radius 3 is 2.57 bits per heavy atom. The normalized spacial score (nSPS) is 15.7. The minimum Gasteiger partial charge on any atom is -0.496 e. The highest BCUT2D eigenvalue weighted by Crippen LogP contribution is 2.19. The molecule has 1 aliphatic heterocycles. The van der Waals surface area contributed by atoms with Crippen molar-refractivity contribution >= 4 is 29.8 Å². The molecule has 1 saturated heterocycles. The van der Waals surface area contributed by atoms with Crippen LogP contribution in [0.1, 0.15) is 11.1 Å². The van der Waals surface area contributed by atoms with Gasteiger partial charge in [-0.05, 0) is 29.8 Å². The minimum atomic E-state index is -0.114. The molecule has 0 bridgehead atoms. The lowest BCUT2D eigenvalue weighted by molar-refractivity contribution is -0.122. The van der Waals surface area contributed by atoms with E-state index >= 15 is 0 Å². The van der Waals surface area contributed by atoms with Crippen molar-refractivity contribution < 1.29 is 9.53 Å². The molecule has 0 aliphatic carbocycles. The number of piperazine rings is 1. The quantitative estimate of drug-likeness (QED) is 0.520. The summed E-state index contributed by atoms with van der Waals surface area (Å²) < 4.78 is 5.29. The summed E-state index contributed by atoms with van der Waals surface area (Å²) in [6.07, 6.45) is 5.21. The molecule has 1 aliphatic rings. The first kappa shape index (κ1) is 22.0. The number of para-hydroxylation sites is 1. The number of carbonyl (C=O) groups is 1. The lowest BCUT2D eigenvalue weighted by Gasteiger charge is -2.34. The van der Waals surface area contributed by atoms with Crippen LogP contribution in [0.4, 0.5) is 0 Å². The number of benzene rings is 2. The Hall–Kier alpha value is -2.67. The van der Waals surface area contributed by atoms with E-state index in [0.29, 0.717) is 6.54 Å². The van der Waals surface area contributed by atoms with Gasteiger partial charge in [-0.15, -0.1) is 0 Å². The van der Waals surface area contributed by atoms with E-state index in [0.717, 1.165) is 54.6 Å². The molecule has 0 saturated carbocycles. The third kappa shape index (κ3) is 6.69. The maximum absolute atomic E-state index is 12.1. The lowest BCUT2D eigenvalue weighted by atomic mass is 10.2. The number of nitrogens with zero attached hydrogens (tertiary/aromatic N) is 3. The van der Waals surface area contributed by atoms with Crippen LogP contribution in [0.25, 0.3) is 6.08 Å². The van der Waals surface area contributed by atoms with E-state index in [2.05, 4.69) is 26.4 Å². The number of halogens is 1. The van der Waals surface area contributed by atoms with Gasteiger partial charge in [-0.1, -0.05) is 48.0 Å². The molecule has 0 unspecified atom stereocenters. The number of hydrogen-bond acceptors (Lipinski definition) is 5. The first-order valence-electron chi connectivity index (χ1n) is 9.95. The molecule has 0 radical (unpaired) electrons. The highest BCUT2D eigenvalue weighted by molar-refractivity contribution is 6.31. The maximum Gasteiger partial charge on any atom is 0.254 e. The number of ether oxygens (including phenoxy) is 1. The minimum absolute atomic E-state index is 0.114. The summed E-state index contributed by atoms with van der Waals surface area (Å²) in [7, 11) is 1.64. The van der Waals surface area contributed by atoms with Crippen LogP contribution in [0.5, 0.6) is 5.75 Å². The topological polar surface area (TPSA) is 57.2 Å². The molecule has 1 fully saturated rings. The fourth-order valence-electron chi connectivity index (χ4n) is 3.31. The van der Waals surface area contributed by atoms with E-state index in [9.17, 15) is 4.79 Å². The van der Waals surface area contributed by atoms with Crippen LogP contribution in [-0.4, -0.2) is 61.8 Å². The smallest absolute Gasteiger partial charge is 0.254 e. The zero-order chi connectivity index (χ0) is 21.2. The van der Waals surface area contributed by atoms with Crippen molar-refractivity contribution in [1.82, 2.24) is 15.2 Å². The second-order valence-electron chi connectivity index (χ2n) is 7.06. The molecule has 158 valence electrons. The van der Waals surface area contributed by atoms with Gasteiger partial charge in [-0.25, -0.2) is 5.43 Å². The summed E-state index contributed by atoms with van der Waals surface area (Å²) in [6.45, 7) is 4.67. The Kier molecular flexibility index (Phi) is 8.44. The molecule has 1 N–H and O–H groups in total. The number of hydrazone groups is 1. The molecule has 1 amide bonds. The Labute approximate surface area is 182 Å². The summed E-state index contributed by atoms with van der Waals surface area (Å²) >= 11 is 6.25. The summed E-state index contributed by atoms with van der Waals surface area (Å²) in [4.78, 5) is 16.6. The zero-order valence-corrected chi connectivity index (χ0v) is 17.9. The van der Waals surface area contributed by atoms with Crippen molar-refractivity contribution in [3.63, 3.8) is 0 Å². The van der Waals surface area contributed by atoms with Crippen LogP contribution < -0.4 is 10.2 Å². The maximum atomic E-state index is 12.1. The van der Waals surface area contributed by atoms with E-state index in [-0.39, 0.29) is 5.91 Å². The molecular formula is C23H27ClN4O2. The molecule has 6 nitrogen and oxygen atoms in total. The van der Waals surface area contributed by atoms with Crippen LogP contribution in [0, 0.1) is 0 Å².